The minimum Gasteiger partial charge on any atom is -0.711 e. The molecule has 3 aromatic rings. The Morgan fingerprint density at radius 3 is 2.65 bits per heavy atom. The van der Waals surface area contributed by atoms with Crippen molar-refractivity contribution in [3.05, 3.63) is 77.4 Å². The zero-order valence-corrected chi connectivity index (χ0v) is 19.9. The van der Waals surface area contributed by atoms with E-state index in [2.05, 4.69) is 10.3 Å². The molecule has 1 unspecified atom stereocenters. The van der Waals surface area contributed by atoms with Crippen LogP contribution in [0.25, 0.3) is 11.1 Å². The molecule has 4 rings (SSSR count). The molecule has 0 spiro atoms. The summed E-state index contributed by atoms with van der Waals surface area (Å²) in [5.41, 5.74) is 3.03. The topological polar surface area (TPSA) is 90.6 Å². The maximum Gasteiger partial charge on any atom is 0.336 e. The summed E-state index contributed by atoms with van der Waals surface area (Å²) >= 11 is 0. The lowest BCUT2D eigenvalue weighted by Gasteiger charge is -2.31. The maximum absolute atomic E-state index is 13.5. The molecule has 0 radical (unpaired) electrons. The minimum atomic E-state index is -0.739. The number of benzene rings is 2. The summed E-state index contributed by atoms with van der Waals surface area (Å²) in [4.78, 5) is 19.7. The predicted molar refractivity (Wildman–Crippen MR) is 128 cm³/mol. The molecule has 2 heterocycles. The molecule has 0 bridgehead atoms. The predicted octanol–water partition coefficient (Wildman–Crippen LogP) is 3.24. The van der Waals surface area contributed by atoms with E-state index in [1.54, 1.807) is 7.11 Å². The zero-order chi connectivity index (χ0) is 24.3. The van der Waals surface area contributed by atoms with Crippen molar-refractivity contribution in [1.82, 2.24) is 15.2 Å². The van der Waals surface area contributed by atoms with Crippen LogP contribution in [-0.2, 0) is 11.3 Å². The Kier molecular flexibility index (Phi) is 6.70. The highest BCUT2D eigenvalue weighted by Gasteiger charge is 2.37. The van der Waals surface area contributed by atoms with E-state index < -0.39 is 11.6 Å². The van der Waals surface area contributed by atoms with Crippen LogP contribution in [0.4, 0.5) is 0 Å². The molecule has 0 saturated carbocycles. The standard InChI is InChI=1S/C26H30N4O4/c1-26(2,3)28-24(31)23-21-16-30(32)17-27-25(21)34-14-13-29(23)15-18-9-5-6-10-19(18)20-11-7-8-12-22(20)33-4/h5-12,16-17,23H,13-15H2,1-4H3,(H,28,31). The summed E-state index contributed by atoms with van der Waals surface area (Å²) in [6.07, 6.45) is 2.52. The molecule has 34 heavy (non-hydrogen) atoms. The van der Waals surface area contributed by atoms with Gasteiger partial charge in [0, 0.05) is 24.2 Å². The molecule has 0 fully saturated rings. The van der Waals surface area contributed by atoms with E-state index in [0.29, 0.717) is 35.9 Å². The molecule has 0 saturated heterocycles. The Hall–Kier alpha value is -3.65. The lowest BCUT2D eigenvalue weighted by Crippen LogP contribution is -2.48. The number of ether oxygens (including phenoxy) is 2. The number of amides is 1. The summed E-state index contributed by atoms with van der Waals surface area (Å²) in [5, 5.41) is 15.2. The van der Waals surface area contributed by atoms with E-state index in [9.17, 15) is 10.0 Å². The SMILES string of the molecule is COc1ccccc1-c1ccccc1CN1CCOc2nc[n+]([O-])cc2C1C(=O)NC(C)(C)C. The van der Waals surface area contributed by atoms with Crippen molar-refractivity contribution in [3.63, 3.8) is 0 Å². The van der Waals surface area contributed by atoms with Gasteiger partial charge in [0.2, 0.25) is 5.91 Å². The minimum absolute atomic E-state index is 0.206. The van der Waals surface area contributed by atoms with Crippen LogP contribution in [0.3, 0.4) is 0 Å². The lowest BCUT2D eigenvalue weighted by atomic mass is 9.97. The van der Waals surface area contributed by atoms with Gasteiger partial charge in [-0.1, -0.05) is 42.5 Å². The second-order valence-electron chi connectivity index (χ2n) is 9.31. The molecule has 1 atom stereocenters. The van der Waals surface area contributed by atoms with Gasteiger partial charge >= 0.3 is 5.88 Å². The Bertz CT molecular complexity index is 1180. The first-order valence-electron chi connectivity index (χ1n) is 11.3. The highest BCUT2D eigenvalue weighted by atomic mass is 16.5. The van der Waals surface area contributed by atoms with Crippen molar-refractivity contribution in [2.24, 2.45) is 0 Å². The van der Waals surface area contributed by atoms with Gasteiger partial charge in [0.25, 0.3) is 6.33 Å². The van der Waals surface area contributed by atoms with Crippen LogP contribution in [-0.4, -0.2) is 41.6 Å². The number of nitrogens with zero attached hydrogens (tertiary/aromatic N) is 3. The van der Waals surface area contributed by atoms with Gasteiger partial charge in [0.05, 0.1) is 7.11 Å². The van der Waals surface area contributed by atoms with Crippen LogP contribution < -0.4 is 19.5 Å². The van der Waals surface area contributed by atoms with Crippen molar-refractivity contribution >= 4 is 5.91 Å². The first-order valence-corrected chi connectivity index (χ1v) is 11.3. The molecule has 178 valence electrons. The molecule has 1 aliphatic heterocycles. The summed E-state index contributed by atoms with van der Waals surface area (Å²) in [6, 6.07) is 15.2. The van der Waals surface area contributed by atoms with Crippen LogP contribution >= 0.6 is 0 Å². The molecule has 8 nitrogen and oxygen atoms in total. The molecular weight excluding hydrogens is 432 g/mol. The van der Waals surface area contributed by atoms with Crippen molar-refractivity contribution < 1.29 is 19.0 Å². The quantitative estimate of drug-likeness (QED) is 0.462. The summed E-state index contributed by atoms with van der Waals surface area (Å²) in [5.74, 6) is 0.877. The average molecular weight is 463 g/mol. The number of methoxy groups -OCH3 is 1. The van der Waals surface area contributed by atoms with Gasteiger partial charge in [-0.05, 0) is 42.9 Å². The van der Waals surface area contributed by atoms with Crippen molar-refractivity contribution in [2.45, 2.75) is 38.9 Å². The Labute approximate surface area is 199 Å². The van der Waals surface area contributed by atoms with Crippen LogP contribution in [0.1, 0.15) is 37.9 Å². The van der Waals surface area contributed by atoms with Crippen molar-refractivity contribution in [1.29, 1.82) is 0 Å². The summed E-state index contributed by atoms with van der Waals surface area (Å²) in [6.45, 7) is 7.08. The third kappa shape index (κ3) is 5.12. The summed E-state index contributed by atoms with van der Waals surface area (Å²) in [7, 11) is 1.66. The van der Waals surface area contributed by atoms with E-state index in [1.807, 2.05) is 74.2 Å². The van der Waals surface area contributed by atoms with Gasteiger partial charge in [-0.2, -0.15) is 0 Å². The van der Waals surface area contributed by atoms with Gasteiger partial charge in [-0.3, -0.25) is 9.69 Å². The highest BCUT2D eigenvalue weighted by molar-refractivity contribution is 5.84. The second-order valence-corrected chi connectivity index (χ2v) is 9.31. The summed E-state index contributed by atoms with van der Waals surface area (Å²) < 4.78 is 12.0. The van der Waals surface area contributed by atoms with Gasteiger partial charge in [-0.15, -0.1) is 0 Å². The average Bonchev–Trinajstić information content (AvgIpc) is 2.97. The van der Waals surface area contributed by atoms with Gasteiger partial charge < -0.3 is 20.0 Å². The molecule has 8 heteroatoms. The number of fused-ring (bicyclic) bond motifs is 1. The lowest BCUT2D eigenvalue weighted by molar-refractivity contribution is -0.609. The Morgan fingerprint density at radius 2 is 1.91 bits per heavy atom. The Balaban J connectivity index is 1.77. The van der Waals surface area contributed by atoms with Crippen LogP contribution in [0, 0.1) is 5.21 Å². The number of nitrogens with one attached hydrogen (secondary N) is 1. The molecule has 0 aliphatic carbocycles. The number of para-hydroxylation sites is 1. The molecule has 1 amide bonds. The fourth-order valence-corrected chi connectivity index (χ4v) is 4.23. The fraction of sp³-hybridized carbons (Fsp3) is 0.346. The molecule has 1 N–H and O–H groups in total. The number of aromatic nitrogens is 2. The third-order valence-corrected chi connectivity index (χ3v) is 5.61. The third-order valence-electron chi connectivity index (χ3n) is 5.61. The van der Waals surface area contributed by atoms with Gasteiger partial charge in [0.1, 0.15) is 30.2 Å². The smallest absolute Gasteiger partial charge is 0.336 e. The van der Waals surface area contributed by atoms with Gasteiger partial charge in [0.15, 0.2) is 0 Å². The van der Waals surface area contributed by atoms with Crippen LogP contribution in [0.2, 0.25) is 0 Å². The number of carbonyl (C=O) groups excluding carboxylic acids is 1. The highest BCUT2D eigenvalue weighted by Crippen LogP contribution is 2.36. The zero-order valence-electron chi connectivity index (χ0n) is 19.9. The van der Waals surface area contributed by atoms with Gasteiger partial charge in [-0.25, -0.2) is 4.73 Å². The fourth-order valence-electron chi connectivity index (χ4n) is 4.23. The van der Waals surface area contributed by atoms with E-state index in [4.69, 9.17) is 9.47 Å². The Morgan fingerprint density at radius 1 is 1.21 bits per heavy atom. The number of rotatable bonds is 5. The van der Waals surface area contributed by atoms with Crippen LogP contribution in [0.5, 0.6) is 11.6 Å². The molecule has 1 aromatic heterocycles. The van der Waals surface area contributed by atoms with E-state index in [1.165, 1.54) is 6.20 Å². The monoisotopic (exact) mass is 462 g/mol. The number of hydrogen-bond acceptors (Lipinski definition) is 6. The molecule has 2 aromatic carbocycles. The number of hydrogen-bond donors (Lipinski definition) is 1. The van der Waals surface area contributed by atoms with E-state index in [-0.39, 0.29) is 5.91 Å². The van der Waals surface area contributed by atoms with Crippen molar-refractivity contribution in [3.8, 4) is 22.8 Å². The number of carbonyl (C=O) groups is 1. The van der Waals surface area contributed by atoms with E-state index >= 15 is 0 Å². The maximum atomic E-state index is 13.5. The largest absolute Gasteiger partial charge is 0.711 e. The van der Waals surface area contributed by atoms with E-state index in [0.717, 1.165) is 28.8 Å². The normalized spacial score (nSPS) is 16.2. The molecular formula is C26H30N4O4. The second kappa shape index (κ2) is 9.69. The van der Waals surface area contributed by atoms with Crippen molar-refractivity contribution in [2.75, 3.05) is 20.3 Å². The molecule has 1 aliphatic rings. The van der Waals surface area contributed by atoms with Crippen LogP contribution in [0.15, 0.2) is 61.1 Å². The first-order chi connectivity index (χ1) is 16.3. The first kappa shape index (κ1) is 23.5.